The van der Waals surface area contributed by atoms with E-state index in [1.165, 1.54) is 11.8 Å². The zero-order chi connectivity index (χ0) is 19.8. The van der Waals surface area contributed by atoms with Gasteiger partial charge in [0.2, 0.25) is 0 Å². The number of aliphatic hydroxyl groups is 1. The lowest BCUT2D eigenvalue weighted by atomic mass is 10.2. The smallest absolute Gasteiger partial charge is 0.191 e. The largest absolute Gasteiger partial charge is 0.493 e. The van der Waals surface area contributed by atoms with Crippen molar-refractivity contribution in [3.63, 3.8) is 0 Å². The van der Waals surface area contributed by atoms with E-state index in [0.717, 1.165) is 11.3 Å². The van der Waals surface area contributed by atoms with Crippen LogP contribution >= 0.6 is 11.8 Å². The summed E-state index contributed by atoms with van der Waals surface area (Å²) in [6, 6.07) is 9.41. The van der Waals surface area contributed by atoms with Gasteiger partial charge in [-0.1, -0.05) is 30.0 Å². The summed E-state index contributed by atoms with van der Waals surface area (Å²) in [5.41, 5.74) is 1.03. The molecule has 0 spiro atoms. The van der Waals surface area contributed by atoms with Crippen molar-refractivity contribution >= 4 is 17.8 Å². The second-order valence-electron chi connectivity index (χ2n) is 6.01. The van der Waals surface area contributed by atoms with Crippen LogP contribution in [0.5, 0.6) is 11.5 Å². The van der Waals surface area contributed by atoms with Crippen LogP contribution in [0.2, 0.25) is 0 Å². The van der Waals surface area contributed by atoms with E-state index in [1.54, 1.807) is 19.7 Å². The molecule has 0 aliphatic carbocycles. The number of aliphatic hydroxyl groups excluding tert-OH is 1. The van der Waals surface area contributed by atoms with Crippen LogP contribution in [0.15, 0.2) is 58.6 Å². The standard InChI is InChI=1S/C20H23N3O4S/c1-3-5-15-7-8-18(19(10-15)25-2)27-12-16(24)13-28-20-22-21-14-23(20)11-17-6-4-9-26-17/h3-10,14,16,24H,11-13H2,1-2H3/b5-3+. The molecule has 3 rings (SSSR count). The van der Waals surface area contributed by atoms with Gasteiger partial charge in [-0.15, -0.1) is 10.2 Å². The fourth-order valence-corrected chi connectivity index (χ4v) is 3.36. The van der Waals surface area contributed by atoms with Crippen molar-refractivity contribution in [2.24, 2.45) is 0 Å². The topological polar surface area (TPSA) is 82.5 Å². The fourth-order valence-electron chi connectivity index (χ4n) is 2.54. The monoisotopic (exact) mass is 401 g/mol. The van der Waals surface area contributed by atoms with E-state index in [-0.39, 0.29) is 6.61 Å². The van der Waals surface area contributed by atoms with Crippen LogP contribution < -0.4 is 9.47 Å². The fraction of sp³-hybridized carbons (Fsp3) is 0.300. The molecular formula is C20H23N3O4S. The van der Waals surface area contributed by atoms with Crippen molar-refractivity contribution in [1.29, 1.82) is 0 Å². The van der Waals surface area contributed by atoms with Gasteiger partial charge in [-0.2, -0.15) is 0 Å². The van der Waals surface area contributed by atoms with Gasteiger partial charge in [-0.3, -0.25) is 0 Å². The average Bonchev–Trinajstić information content (AvgIpc) is 3.38. The quantitative estimate of drug-likeness (QED) is 0.521. The lowest BCUT2D eigenvalue weighted by Gasteiger charge is -2.14. The summed E-state index contributed by atoms with van der Waals surface area (Å²) in [5, 5.41) is 19.0. The molecular weight excluding hydrogens is 378 g/mol. The van der Waals surface area contributed by atoms with E-state index >= 15 is 0 Å². The lowest BCUT2D eigenvalue weighted by Crippen LogP contribution is -2.20. The highest BCUT2D eigenvalue weighted by Crippen LogP contribution is 2.29. The Morgan fingerprint density at radius 3 is 2.96 bits per heavy atom. The summed E-state index contributed by atoms with van der Waals surface area (Å²) in [6.45, 7) is 2.66. The number of methoxy groups -OCH3 is 1. The molecule has 28 heavy (non-hydrogen) atoms. The number of ether oxygens (including phenoxy) is 2. The Balaban J connectivity index is 1.51. The van der Waals surface area contributed by atoms with Gasteiger partial charge in [-0.05, 0) is 36.8 Å². The first-order valence-electron chi connectivity index (χ1n) is 8.84. The normalized spacial score (nSPS) is 12.4. The number of furan rings is 1. The minimum Gasteiger partial charge on any atom is -0.493 e. The van der Waals surface area contributed by atoms with Crippen molar-refractivity contribution in [3.05, 3.63) is 60.3 Å². The van der Waals surface area contributed by atoms with Crippen LogP contribution in [0.3, 0.4) is 0 Å². The number of nitrogens with zero attached hydrogens (tertiary/aromatic N) is 3. The first-order chi connectivity index (χ1) is 13.7. The van der Waals surface area contributed by atoms with Gasteiger partial charge in [0.25, 0.3) is 0 Å². The second-order valence-corrected chi connectivity index (χ2v) is 6.99. The first kappa shape index (κ1) is 20.0. The van der Waals surface area contributed by atoms with Gasteiger partial charge in [0.05, 0.1) is 26.0 Å². The van der Waals surface area contributed by atoms with Crippen LogP contribution in [-0.2, 0) is 6.54 Å². The van der Waals surface area contributed by atoms with Crippen LogP contribution in [0.1, 0.15) is 18.2 Å². The molecule has 0 saturated carbocycles. The Hall–Kier alpha value is -2.71. The van der Waals surface area contributed by atoms with E-state index < -0.39 is 6.10 Å². The lowest BCUT2D eigenvalue weighted by molar-refractivity contribution is 0.124. The van der Waals surface area contributed by atoms with Crippen molar-refractivity contribution in [3.8, 4) is 11.5 Å². The average molecular weight is 401 g/mol. The number of hydrogen-bond donors (Lipinski definition) is 1. The summed E-state index contributed by atoms with van der Waals surface area (Å²) in [5.74, 6) is 2.48. The Labute approximate surface area is 168 Å². The zero-order valence-electron chi connectivity index (χ0n) is 15.8. The molecule has 1 N–H and O–H groups in total. The molecule has 0 saturated heterocycles. The molecule has 1 unspecified atom stereocenters. The van der Waals surface area contributed by atoms with Crippen LogP contribution in [0, 0.1) is 0 Å². The highest BCUT2D eigenvalue weighted by molar-refractivity contribution is 7.99. The highest BCUT2D eigenvalue weighted by Gasteiger charge is 2.13. The summed E-state index contributed by atoms with van der Waals surface area (Å²) in [7, 11) is 1.60. The molecule has 2 heterocycles. The maximum absolute atomic E-state index is 10.3. The summed E-state index contributed by atoms with van der Waals surface area (Å²) in [6.07, 6.45) is 6.55. The molecule has 1 atom stereocenters. The predicted octanol–water partition coefficient (Wildman–Crippen LogP) is 3.49. The Kier molecular flexibility index (Phi) is 7.16. The number of allylic oxidation sites excluding steroid dienone is 1. The van der Waals surface area contributed by atoms with Crippen molar-refractivity contribution in [2.75, 3.05) is 19.5 Å². The molecule has 1 aromatic carbocycles. The second kappa shape index (κ2) is 10.0. The van der Waals surface area contributed by atoms with E-state index in [9.17, 15) is 5.11 Å². The van der Waals surface area contributed by atoms with Crippen LogP contribution in [-0.4, -0.2) is 45.4 Å². The Morgan fingerprint density at radius 1 is 1.32 bits per heavy atom. The van der Waals surface area contributed by atoms with Gasteiger partial charge in [0.1, 0.15) is 18.7 Å². The molecule has 0 amide bonds. The van der Waals surface area contributed by atoms with Crippen LogP contribution in [0.4, 0.5) is 0 Å². The minimum atomic E-state index is -0.668. The molecule has 8 heteroatoms. The Bertz CT molecular complexity index is 893. The zero-order valence-corrected chi connectivity index (χ0v) is 16.6. The number of thioether (sulfide) groups is 1. The third kappa shape index (κ3) is 5.40. The molecule has 148 valence electrons. The molecule has 0 aliphatic rings. The van der Waals surface area contributed by atoms with E-state index in [2.05, 4.69) is 10.2 Å². The number of hydrogen-bond acceptors (Lipinski definition) is 7. The molecule has 0 bridgehead atoms. The first-order valence-corrected chi connectivity index (χ1v) is 9.82. The molecule has 7 nitrogen and oxygen atoms in total. The van der Waals surface area contributed by atoms with E-state index in [4.69, 9.17) is 13.9 Å². The van der Waals surface area contributed by atoms with Crippen LogP contribution in [0.25, 0.3) is 6.08 Å². The third-order valence-corrected chi connectivity index (χ3v) is 4.99. The number of benzene rings is 1. The number of aromatic nitrogens is 3. The van der Waals surface area contributed by atoms with Crippen molar-refractivity contribution in [2.45, 2.75) is 24.7 Å². The van der Waals surface area contributed by atoms with Gasteiger partial charge in [-0.25, -0.2) is 0 Å². The molecule has 0 fully saturated rings. The van der Waals surface area contributed by atoms with E-state index in [1.807, 2.05) is 54.0 Å². The third-order valence-electron chi connectivity index (χ3n) is 3.87. The summed E-state index contributed by atoms with van der Waals surface area (Å²) < 4.78 is 18.3. The molecule has 2 aromatic heterocycles. The molecule has 3 aromatic rings. The van der Waals surface area contributed by atoms with Crippen molar-refractivity contribution < 1.29 is 19.0 Å². The summed E-state index contributed by atoms with van der Waals surface area (Å²) in [4.78, 5) is 0. The SMILES string of the molecule is C/C=C/c1ccc(OCC(O)CSc2nncn2Cc2ccco2)c(OC)c1. The van der Waals surface area contributed by atoms with Gasteiger partial charge in [0, 0.05) is 5.75 Å². The van der Waals surface area contributed by atoms with Gasteiger partial charge < -0.3 is 23.6 Å². The maximum atomic E-state index is 10.3. The highest BCUT2D eigenvalue weighted by atomic mass is 32.2. The predicted molar refractivity (Wildman–Crippen MR) is 108 cm³/mol. The molecule has 0 radical (unpaired) electrons. The Morgan fingerprint density at radius 2 is 2.21 bits per heavy atom. The summed E-state index contributed by atoms with van der Waals surface area (Å²) >= 11 is 1.42. The van der Waals surface area contributed by atoms with Gasteiger partial charge >= 0.3 is 0 Å². The van der Waals surface area contributed by atoms with E-state index in [0.29, 0.717) is 29.0 Å². The van der Waals surface area contributed by atoms with Gasteiger partial charge in [0.15, 0.2) is 16.7 Å². The number of rotatable bonds is 10. The maximum Gasteiger partial charge on any atom is 0.191 e. The minimum absolute atomic E-state index is 0.151. The molecule has 0 aliphatic heterocycles. The van der Waals surface area contributed by atoms with Crippen molar-refractivity contribution in [1.82, 2.24) is 14.8 Å².